The molecule has 0 fully saturated rings. The summed E-state index contributed by atoms with van der Waals surface area (Å²) in [5.74, 6) is -0.283. The van der Waals surface area contributed by atoms with Crippen molar-refractivity contribution in [1.82, 2.24) is 5.32 Å². The van der Waals surface area contributed by atoms with Gasteiger partial charge in [-0.25, -0.2) is 0 Å². The molecule has 4 N–H and O–H groups in total. The average molecular weight is 257 g/mol. The van der Waals surface area contributed by atoms with Gasteiger partial charge >= 0.3 is 0 Å². The summed E-state index contributed by atoms with van der Waals surface area (Å²) >= 11 is 6.02. The highest BCUT2D eigenvalue weighted by atomic mass is 35.5. The van der Waals surface area contributed by atoms with E-state index in [0.29, 0.717) is 10.6 Å². The van der Waals surface area contributed by atoms with Crippen LogP contribution in [0.1, 0.15) is 22.8 Å². The molecule has 5 heteroatoms. The molecule has 2 atom stereocenters. The van der Waals surface area contributed by atoms with Crippen molar-refractivity contribution >= 4 is 17.5 Å². The maximum Gasteiger partial charge on any atom is 0.252 e. The smallest absolute Gasteiger partial charge is 0.252 e. The van der Waals surface area contributed by atoms with Crippen LogP contribution < -0.4 is 11.1 Å². The summed E-state index contributed by atoms with van der Waals surface area (Å²) < 4.78 is 0. The Morgan fingerprint density at radius 2 is 2.24 bits per heavy atom. The van der Waals surface area contributed by atoms with E-state index >= 15 is 0 Å². The number of aliphatic hydroxyl groups excluding tert-OH is 1. The van der Waals surface area contributed by atoms with Crippen molar-refractivity contribution in [3.8, 4) is 0 Å². The Balaban J connectivity index is 2.68. The number of nitrogens with one attached hydrogen (secondary N) is 1. The Labute approximate surface area is 106 Å². The normalized spacial score (nSPS) is 14.2. The summed E-state index contributed by atoms with van der Waals surface area (Å²) in [7, 11) is 0. The van der Waals surface area contributed by atoms with Gasteiger partial charge in [0.05, 0.1) is 16.7 Å². The monoisotopic (exact) mass is 256 g/mol. The Morgan fingerprint density at radius 1 is 1.59 bits per heavy atom. The predicted molar refractivity (Wildman–Crippen MR) is 68.2 cm³/mol. The Kier molecular flexibility index (Phi) is 4.93. The minimum Gasteiger partial charge on any atom is -0.392 e. The third-order valence-corrected chi connectivity index (χ3v) is 3.06. The second kappa shape index (κ2) is 6.00. The van der Waals surface area contributed by atoms with E-state index in [9.17, 15) is 9.90 Å². The van der Waals surface area contributed by atoms with Crippen LogP contribution in [0.25, 0.3) is 0 Å². The molecule has 4 nitrogen and oxygen atoms in total. The number of hydrogen-bond donors (Lipinski definition) is 3. The average Bonchev–Trinajstić information content (AvgIpc) is 2.29. The SMILES string of the molecule is Cc1cccc(C(=O)NCC(N)C(C)O)c1Cl. The van der Waals surface area contributed by atoms with Gasteiger partial charge in [-0.2, -0.15) is 0 Å². The molecule has 0 saturated carbocycles. The van der Waals surface area contributed by atoms with Crippen LogP contribution in [0, 0.1) is 6.92 Å². The van der Waals surface area contributed by atoms with Crippen molar-refractivity contribution in [2.75, 3.05) is 6.54 Å². The van der Waals surface area contributed by atoms with Crippen molar-refractivity contribution in [2.45, 2.75) is 26.0 Å². The first kappa shape index (κ1) is 14.0. The van der Waals surface area contributed by atoms with Crippen LogP contribution in [0.2, 0.25) is 5.02 Å². The fourth-order valence-corrected chi connectivity index (χ4v) is 1.51. The Bertz CT molecular complexity index is 407. The molecule has 0 aliphatic rings. The van der Waals surface area contributed by atoms with Gasteiger partial charge in [0.1, 0.15) is 0 Å². The standard InChI is InChI=1S/C12H17ClN2O2/c1-7-4-3-5-9(11(7)13)12(17)15-6-10(14)8(2)16/h3-5,8,10,16H,6,14H2,1-2H3,(H,15,17). The topological polar surface area (TPSA) is 75.4 Å². The lowest BCUT2D eigenvalue weighted by atomic mass is 10.1. The third-order valence-electron chi connectivity index (χ3n) is 2.55. The quantitative estimate of drug-likeness (QED) is 0.755. The number of halogens is 1. The summed E-state index contributed by atoms with van der Waals surface area (Å²) in [5.41, 5.74) is 6.88. The zero-order valence-corrected chi connectivity index (χ0v) is 10.7. The molecule has 2 unspecified atom stereocenters. The molecule has 0 radical (unpaired) electrons. The second-order valence-electron chi connectivity index (χ2n) is 4.05. The minimum absolute atomic E-state index is 0.209. The molecular weight excluding hydrogens is 240 g/mol. The molecule has 1 aromatic carbocycles. The van der Waals surface area contributed by atoms with E-state index in [1.807, 2.05) is 13.0 Å². The van der Waals surface area contributed by atoms with E-state index in [1.165, 1.54) is 0 Å². The first-order chi connectivity index (χ1) is 7.93. The molecular formula is C12H17ClN2O2. The summed E-state index contributed by atoms with van der Waals surface area (Å²) in [6.45, 7) is 3.62. The second-order valence-corrected chi connectivity index (χ2v) is 4.43. The van der Waals surface area contributed by atoms with Crippen molar-refractivity contribution in [1.29, 1.82) is 0 Å². The number of carbonyl (C=O) groups is 1. The Morgan fingerprint density at radius 3 is 2.82 bits per heavy atom. The van der Waals surface area contributed by atoms with Crippen LogP contribution in [0.3, 0.4) is 0 Å². The zero-order valence-electron chi connectivity index (χ0n) is 9.90. The largest absolute Gasteiger partial charge is 0.392 e. The first-order valence-corrected chi connectivity index (χ1v) is 5.78. The maximum absolute atomic E-state index is 11.8. The highest BCUT2D eigenvalue weighted by molar-refractivity contribution is 6.34. The van der Waals surface area contributed by atoms with Crippen LogP contribution in [0.5, 0.6) is 0 Å². The third kappa shape index (κ3) is 3.70. The summed E-state index contributed by atoms with van der Waals surface area (Å²) in [4.78, 5) is 11.8. The molecule has 0 spiro atoms. The van der Waals surface area contributed by atoms with Gasteiger partial charge in [0.25, 0.3) is 5.91 Å². The summed E-state index contributed by atoms with van der Waals surface area (Å²) in [6, 6.07) is 4.77. The number of hydrogen-bond acceptors (Lipinski definition) is 3. The van der Waals surface area contributed by atoms with Crippen LogP contribution in [-0.2, 0) is 0 Å². The lowest BCUT2D eigenvalue weighted by Gasteiger charge is -2.15. The molecule has 0 bridgehead atoms. The molecule has 17 heavy (non-hydrogen) atoms. The zero-order chi connectivity index (χ0) is 13.0. The molecule has 1 rings (SSSR count). The van der Waals surface area contributed by atoms with Gasteiger partial charge in [0.15, 0.2) is 0 Å². The van der Waals surface area contributed by atoms with E-state index in [2.05, 4.69) is 5.32 Å². The van der Waals surface area contributed by atoms with Gasteiger partial charge in [-0.05, 0) is 25.5 Å². The van der Waals surface area contributed by atoms with Gasteiger partial charge in [-0.3, -0.25) is 4.79 Å². The van der Waals surface area contributed by atoms with E-state index in [4.69, 9.17) is 17.3 Å². The Hall–Kier alpha value is -1.10. The molecule has 0 aliphatic carbocycles. The van der Waals surface area contributed by atoms with Crippen molar-refractivity contribution < 1.29 is 9.90 Å². The predicted octanol–water partition coefficient (Wildman–Crippen LogP) is 1.09. The molecule has 0 saturated heterocycles. The van der Waals surface area contributed by atoms with Crippen LogP contribution >= 0.6 is 11.6 Å². The van der Waals surface area contributed by atoms with Crippen molar-refractivity contribution in [3.05, 3.63) is 34.3 Å². The van der Waals surface area contributed by atoms with Gasteiger partial charge < -0.3 is 16.2 Å². The lowest BCUT2D eigenvalue weighted by molar-refractivity contribution is 0.0937. The fourth-order valence-electron chi connectivity index (χ4n) is 1.30. The van der Waals surface area contributed by atoms with Crippen LogP contribution in [0.15, 0.2) is 18.2 Å². The van der Waals surface area contributed by atoms with Crippen LogP contribution in [0.4, 0.5) is 0 Å². The number of aryl methyl sites for hydroxylation is 1. The van der Waals surface area contributed by atoms with E-state index < -0.39 is 12.1 Å². The molecule has 0 heterocycles. The van der Waals surface area contributed by atoms with E-state index in [-0.39, 0.29) is 12.5 Å². The molecule has 0 aromatic heterocycles. The number of benzene rings is 1. The van der Waals surface area contributed by atoms with Gasteiger partial charge in [0, 0.05) is 12.6 Å². The number of nitrogens with two attached hydrogens (primary N) is 1. The molecule has 1 aromatic rings. The summed E-state index contributed by atoms with van der Waals surface area (Å²) in [5, 5.41) is 12.3. The first-order valence-electron chi connectivity index (χ1n) is 5.40. The minimum atomic E-state index is -0.664. The van der Waals surface area contributed by atoms with Crippen molar-refractivity contribution in [3.63, 3.8) is 0 Å². The highest BCUT2D eigenvalue weighted by Gasteiger charge is 2.14. The van der Waals surface area contributed by atoms with Gasteiger partial charge in [0.2, 0.25) is 0 Å². The number of rotatable bonds is 4. The van der Waals surface area contributed by atoms with E-state index in [1.54, 1.807) is 19.1 Å². The molecule has 0 aliphatic heterocycles. The van der Waals surface area contributed by atoms with Gasteiger partial charge in [-0.15, -0.1) is 0 Å². The number of carbonyl (C=O) groups excluding carboxylic acids is 1. The fraction of sp³-hybridized carbons (Fsp3) is 0.417. The lowest BCUT2D eigenvalue weighted by Crippen LogP contribution is -2.43. The summed E-state index contributed by atoms with van der Waals surface area (Å²) in [6.07, 6.45) is -0.664. The van der Waals surface area contributed by atoms with Crippen molar-refractivity contribution in [2.24, 2.45) is 5.73 Å². The van der Waals surface area contributed by atoms with Gasteiger partial charge in [-0.1, -0.05) is 23.7 Å². The highest BCUT2D eigenvalue weighted by Crippen LogP contribution is 2.19. The maximum atomic E-state index is 11.8. The number of amides is 1. The van der Waals surface area contributed by atoms with E-state index in [0.717, 1.165) is 5.56 Å². The molecule has 94 valence electrons. The molecule has 1 amide bonds. The number of aliphatic hydroxyl groups is 1. The van der Waals surface area contributed by atoms with Crippen LogP contribution in [-0.4, -0.2) is 29.7 Å².